The second-order valence-corrected chi connectivity index (χ2v) is 14.1. The van der Waals surface area contributed by atoms with E-state index in [1.54, 1.807) is 49.4 Å². The third kappa shape index (κ3) is 15.9. The van der Waals surface area contributed by atoms with Gasteiger partial charge in [0.15, 0.2) is 0 Å². The minimum absolute atomic E-state index is 0.130. The highest BCUT2D eigenvalue weighted by Gasteiger charge is 2.33. The number of ether oxygens (including phenoxy) is 2. The molecule has 8 nitrogen and oxygen atoms in total. The van der Waals surface area contributed by atoms with Crippen LogP contribution in [0.5, 0.6) is 0 Å². The molecule has 0 saturated heterocycles. The summed E-state index contributed by atoms with van der Waals surface area (Å²) in [5.74, 6) is 2.36. The Morgan fingerprint density at radius 1 is 0.771 bits per heavy atom. The minimum atomic E-state index is -0.863. The third-order valence-electron chi connectivity index (χ3n) is 9.45. The molecule has 2 aliphatic carbocycles. The maximum Gasteiger partial charge on any atom is 0.337 e. The lowest BCUT2D eigenvalue weighted by Crippen LogP contribution is -2.35. The van der Waals surface area contributed by atoms with Crippen LogP contribution in [0.4, 0.5) is 0 Å². The van der Waals surface area contributed by atoms with Crippen molar-refractivity contribution in [1.82, 2.24) is 0 Å². The number of carboxylic acids is 2. The molecule has 2 aromatic carbocycles. The first-order chi connectivity index (χ1) is 22.6. The summed E-state index contributed by atoms with van der Waals surface area (Å²) in [6.45, 7) is 16.7. The highest BCUT2D eigenvalue weighted by atomic mass is 16.5. The third-order valence-corrected chi connectivity index (χ3v) is 9.45. The van der Waals surface area contributed by atoms with Gasteiger partial charge in [0, 0.05) is 13.3 Å². The Labute approximate surface area is 288 Å². The number of methoxy groups -OCH3 is 1. The molecule has 8 heteroatoms. The van der Waals surface area contributed by atoms with Crippen LogP contribution in [0.2, 0.25) is 0 Å². The molecule has 4 rings (SSSR count). The van der Waals surface area contributed by atoms with Crippen LogP contribution in [0.25, 0.3) is 0 Å². The van der Waals surface area contributed by atoms with E-state index in [0.717, 1.165) is 18.4 Å². The summed E-state index contributed by atoms with van der Waals surface area (Å²) < 4.78 is 9.89. The Morgan fingerprint density at radius 2 is 1.29 bits per heavy atom. The monoisotopic (exact) mass is 668 g/mol. The van der Waals surface area contributed by atoms with Crippen LogP contribution >= 0.6 is 0 Å². The molecule has 2 N–H and O–H groups in total. The molecule has 0 heterocycles. The molecule has 268 valence electrons. The van der Waals surface area contributed by atoms with Gasteiger partial charge in [0.25, 0.3) is 0 Å². The summed E-state index contributed by atoms with van der Waals surface area (Å²) in [6, 6.07) is 15.8. The van der Waals surface area contributed by atoms with Crippen molar-refractivity contribution in [1.29, 1.82) is 0 Å². The van der Waals surface area contributed by atoms with Gasteiger partial charge in [-0.25, -0.2) is 9.59 Å². The van der Waals surface area contributed by atoms with Crippen molar-refractivity contribution >= 4 is 23.9 Å². The minimum Gasteiger partial charge on any atom is -0.481 e. The highest BCUT2D eigenvalue weighted by Crippen LogP contribution is 2.39. The highest BCUT2D eigenvalue weighted by molar-refractivity contribution is 5.89. The number of carbonyl (C=O) groups is 4. The number of aryl methyl sites for hydroxylation is 1. The van der Waals surface area contributed by atoms with Crippen LogP contribution in [-0.2, 0) is 19.1 Å². The summed E-state index contributed by atoms with van der Waals surface area (Å²) in [6.07, 6.45) is 7.66. The largest absolute Gasteiger partial charge is 0.481 e. The van der Waals surface area contributed by atoms with Crippen molar-refractivity contribution in [2.24, 2.45) is 41.4 Å². The van der Waals surface area contributed by atoms with E-state index in [2.05, 4.69) is 46.3 Å². The topological polar surface area (TPSA) is 127 Å². The number of aliphatic carboxylic acids is 1. The molecule has 0 amide bonds. The van der Waals surface area contributed by atoms with Crippen molar-refractivity contribution in [3.8, 4) is 0 Å². The van der Waals surface area contributed by atoms with Crippen molar-refractivity contribution in [2.75, 3.05) is 7.11 Å². The number of hydrogen-bond acceptors (Lipinski definition) is 6. The van der Waals surface area contributed by atoms with Crippen LogP contribution in [0, 0.1) is 48.3 Å². The predicted molar refractivity (Wildman–Crippen MR) is 190 cm³/mol. The maximum atomic E-state index is 11.0. The van der Waals surface area contributed by atoms with Crippen molar-refractivity contribution in [3.63, 3.8) is 0 Å². The number of hydrogen-bond donors (Lipinski definition) is 2. The normalized spacial score (nSPS) is 23.1. The van der Waals surface area contributed by atoms with Crippen LogP contribution < -0.4 is 0 Å². The van der Waals surface area contributed by atoms with E-state index in [4.69, 9.17) is 14.9 Å². The first kappa shape index (κ1) is 42.3. The number of carbonyl (C=O) groups excluding carboxylic acids is 2. The Bertz CT molecular complexity index is 1210. The fourth-order valence-corrected chi connectivity index (χ4v) is 6.83. The van der Waals surface area contributed by atoms with E-state index in [9.17, 15) is 19.2 Å². The van der Waals surface area contributed by atoms with Gasteiger partial charge in [0.1, 0.15) is 6.10 Å². The number of rotatable bonds is 7. The Morgan fingerprint density at radius 3 is 1.75 bits per heavy atom. The van der Waals surface area contributed by atoms with Crippen LogP contribution in [0.1, 0.15) is 120 Å². The molecule has 2 fully saturated rings. The number of benzene rings is 2. The molecule has 0 spiro atoms. The standard InChI is InChI=1S/2C12H22O2.2C8H8O2/c1-8(2)11-6-5-9(3)7-12(11)14-10(4)13;1-8(2)11-5-4-9(3)6-10(11)7-12(13)14;1-10-8(9)7-5-3-2-4-6-7;1-6-4-2-3-5-7(6)8(9)10/h8-9,11-12H,5-7H2,1-4H3;8-11H,4-7H2,1-3H3,(H,13,14);2-6H,1H3;2-5H,1H3,(H,9,10). The second-order valence-electron chi connectivity index (χ2n) is 14.1. The zero-order chi connectivity index (χ0) is 36.4. The Hall–Kier alpha value is -3.68. The molecule has 2 saturated carbocycles. The smallest absolute Gasteiger partial charge is 0.337 e. The zero-order valence-electron chi connectivity index (χ0n) is 30.6. The van der Waals surface area contributed by atoms with E-state index in [1.807, 2.05) is 12.1 Å². The van der Waals surface area contributed by atoms with Gasteiger partial charge in [-0.2, -0.15) is 0 Å². The molecule has 0 aromatic heterocycles. The van der Waals surface area contributed by atoms with Gasteiger partial charge in [-0.15, -0.1) is 0 Å². The second kappa shape index (κ2) is 22.0. The maximum absolute atomic E-state index is 11.0. The SMILES string of the molecule is CC(=O)OC1CC(C)CCC1C(C)C.CC1CCC(C(C)C)C(CC(=O)O)C1.COC(=O)c1ccccc1.Cc1ccccc1C(=O)O. The molecule has 48 heavy (non-hydrogen) atoms. The lowest BCUT2D eigenvalue weighted by Gasteiger charge is -2.36. The van der Waals surface area contributed by atoms with Crippen molar-refractivity contribution in [2.45, 2.75) is 106 Å². The number of aromatic carboxylic acids is 1. The van der Waals surface area contributed by atoms with E-state index in [0.29, 0.717) is 59.0 Å². The van der Waals surface area contributed by atoms with Gasteiger partial charge in [0.2, 0.25) is 0 Å². The number of carboxylic acid groups (broad SMARTS) is 2. The van der Waals surface area contributed by atoms with Gasteiger partial charge < -0.3 is 19.7 Å². The fraction of sp³-hybridized carbons (Fsp3) is 0.600. The average Bonchev–Trinajstić information content (AvgIpc) is 3.01. The van der Waals surface area contributed by atoms with E-state index in [-0.39, 0.29) is 18.0 Å². The summed E-state index contributed by atoms with van der Waals surface area (Å²) in [5.41, 5.74) is 1.77. The summed E-state index contributed by atoms with van der Waals surface area (Å²) in [4.78, 5) is 42.9. The van der Waals surface area contributed by atoms with Gasteiger partial charge >= 0.3 is 23.9 Å². The van der Waals surface area contributed by atoms with E-state index >= 15 is 0 Å². The molecule has 2 aromatic rings. The molecule has 6 unspecified atom stereocenters. The zero-order valence-corrected chi connectivity index (χ0v) is 30.6. The van der Waals surface area contributed by atoms with Gasteiger partial charge in [-0.1, -0.05) is 90.8 Å². The quantitative estimate of drug-likeness (QED) is 0.280. The van der Waals surface area contributed by atoms with Crippen molar-refractivity contribution < 1.29 is 38.9 Å². The van der Waals surface area contributed by atoms with Crippen LogP contribution in [0.15, 0.2) is 54.6 Å². The molecular weight excluding hydrogens is 608 g/mol. The lowest BCUT2D eigenvalue weighted by atomic mass is 9.69. The van der Waals surface area contributed by atoms with Gasteiger partial charge in [0.05, 0.1) is 18.2 Å². The molecule has 6 atom stereocenters. The average molecular weight is 669 g/mol. The van der Waals surface area contributed by atoms with Gasteiger partial charge in [-0.3, -0.25) is 9.59 Å². The van der Waals surface area contributed by atoms with E-state index < -0.39 is 11.9 Å². The molecule has 0 radical (unpaired) electrons. The first-order valence-electron chi connectivity index (χ1n) is 17.4. The predicted octanol–water partition coefficient (Wildman–Crippen LogP) is 9.35. The fourth-order valence-electron chi connectivity index (χ4n) is 6.83. The molecule has 2 aliphatic rings. The summed E-state index contributed by atoms with van der Waals surface area (Å²) in [7, 11) is 1.37. The Kier molecular flexibility index (Phi) is 19.4. The number of esters is 2. The van der Waals surface area contributed by atoms with Crippen molar-refractivity contribution in [3.05, 3.63) is 71.3 Å². The lowest BCUT2D eigenvalue weighted by molar-refractivity contribution is -0.153. The van der Waals surface area contributed by atoms with Gasteiger partial charge in [-0.05, 0) is 97.8 Å². The molecule has 0 bridgehead atoms. The van der Waals surface area contributed by atoms with Crippen LogP contribution in [-0.4, -0.2) is 47.3 Å². The summed E-state index contributed by atoms with van der Waals surface area (Å²) >= 11 is 0. The van der Waals surface area contributed by atoms with E-state index in [1.165, 1.54) is 39.7 Å². The molecular formula is C40H60O8. The first-order valence-corrected chi connectivity index (χ1v) is 17.4. The summed E-state index contributed by atoms with van der Waals surface area (Å²) in [5, 5.41) is 17.4. The van der Waals surface area contributed by atoms with Crippen LogP contribution in [0.3, 0.4) is 0 Å². The Balaban J connectivity index is 0.000000324. The molecule has 0 aliphatic heterocycles.